The predicted molar refractivity (Wildman–Crippen MR) is 87.3 cm³/mol. The van der Waals surface area contributed by atoms with Crippen LogP contribution in [-0.2, 0) is 5.67 Å². The summed E-state index contributed by atoms with van der Waals surface area (Å²) in [5, 5.41) is 11.0. The van der Waals surface area contributed by atoms with Crippen molar-refractivity contribution in [2.45, 2.75) is 18.0 Å². The fourth-order valence-electron chi connectivity index (χ4n) is 2.40. The second-order valence-electron chi connectivity index (χ2n) is 5.82. The Bertz CT molecular complexity index is 1020. The van der Waals surface area contributed by atoms with E-state index in [2.05, 4.69) is 0 Å². The summed E-state index contributed by atoms with van der Waals surface area (Å²) in [6.45, 7) is 0. The summed E-state index contributed by atoms with van der Waals surface area (Å²) < 4.78 is 119. The lowest BCUT2D eigenvalue weighted by Gasteiger charge is -2.30. The molecule has 31 heavy (non-hydrogen) atoms. The molecule has 168 valence electrons. The lowest BCUT2D eigenvalue weighted by molar-refractivity contribution is -0.387. The van der Waals surface area contributed by atoms with Gasteiger partial charge in [0, 0.05) is 11.6 Å². The first-order chi connectivity index (χ1) is 14.0. The third-order valence-electron chi connectivity index (χ3n) is 3.88. The van der Waals surface area contributed by atoms with Gasteiger partial charge in [-0.2, -0.15) is 30.7 Å². The van der Waals surface area contributed by atoms with Crippen LogP contribution in [0, 0.1) is 21.7 Å². The molecule has 0 spiro atoms. The SMILES string of the molecule is O=C(Nc1c(F)cc(C(F)(C(F)(F)F)C(F)(F)F)cc1Cl)c1cccc([N+](=O)[O-])c1F. The van der Waals surface area contributed by atoms with Crippen molar-refractivity contribution in [3.63, 3.8) is 0 Å². The second kappa shape index (κ2) is 7.90. The van der Waals surface area contributed by atoms with Gasteiger partial charge in [0.2, 0.25) is 5.82 Å². The average Bonchev–Trinajstić information content (AvgIpc) is 2.61. The number of alkyl halides is 7. The van der Waals surface area contributed by atoms with E-state index in [-0.39, 0.29) is 6.07 Å². The number of carbonyl (C=O) groups is 1. The number of hydrogen-bond acceptors (Lipinski definition) is 3. The first-order valence-electron chi connectivity index (χ1n) is 7.58. The van der Waals surface area contributed by atoms with E-state index in [9.17, 15) is 54.4 Å². The van der Waals surface area contributed by atoms with E-state index in [1.165, 1.54) is 0 Å². The minimum atomic E-state index is -6.54. The Hall–Kier alpha value is -3.03. The van der Waals surface area contributed by atoms with Crippen LogP contribution in [0.2, 0.25) is 5.02 Å². The molecule has 2 rings (SSSR count). The molecule has 0 aliphatic carbocycles. The highest BCUT2D eigenvalue weighted by Crippen LogP contribution is 2.54. The Labute approximate surface area is 170 Å². The first kappa shape index (κ1) is 24.2. The van der Waals surface area contributed by atoms with Gasteiger partial charge in [0.15, 0.2) is 0 Å². The number of amides is 1. The van der Waals surface area contributed by atoms with E-state index in [1.807, 2.05) is 0 Å². The average molecular weight is 481 g/mol. The van der Waals surface area contributed by atoms with Crippen molar-refractivity contribution in [1.82, 2.24) is 0 Å². The minimum Gasteiger partial charge on any atom is -0.318 e. The first-order valence-corrected chi connectivity index (χ1v) is 7.96. The standard InChI is InChI=1S/C16H6ClF9N2O3/c17-8-4-6(14(20,15(21,22)23)16(24,25)26)5-9(18)12(8)27-13(29)7-2-1-3-10(11(7)19)28(30)31/h1-5H,(H,27,29). The molecule has 1 amide bonds. The third-order valence-corrected chi connectivity index (χ3v) is 4.18. The molecule has 0 bridgehead atoms. The Morgan fingerprint density at radius 1 is 1.00 bits per heavy atom. The zero-order chi connectivity index (χ0) is 23.9. The van der Waals surface area contributed by atoms with Gasteiger partial charge < -0.3 is 5.32 Å². The van der Waals surface area contributed by atoms with Crippen LogP contribution in [0.25, 0.3) is 0 Å². The Kier molecular flexibility index (Phi) is 6.18. The van der Waals surface area contributed by atoms with E-state index in [0.717, 1.165) is 12.1 Å². The zero-order valence-corrected chi connectivity index (χ0v) is 15.1. The number of nitro groups is 1. The van der Waals surface area contributed by atoms with Gasteiger partial charge >= 0.3 is 23.7 Å². The van der Waals surface area contributed by atoms with Crippen LogP contribution < -0.4 is 5.32 Å². The van der Waals surface area contributed by atoms with Gasteiger partial charge in [0.05, 0.1) is 21.2 Å². The number of halogens is 10. The van der Waals surface area contributed by atoms with Gasteiger partial charge in [0.1, 0.15) is 5.82 Å². The number of rotatable bonds is 4. The number of benzene rings is 2. The summed E-state index contributed by atoms with van der Waals surface area (Å²) in [5.41, 5.74) is -11.6. The highest BCUT2D eigenvalue weighted by atomic mass is 35.5. The lowest BCUT2D eigenvalue weighted by atomic mass is 9.93. The fourth-order valence-corrected chi connectivity index (χ4v) is 2.65. The quantitative estimate of drug-likeness (QED) is 0.328. The van der Waals surface area contributed by atoms with E-state index in [0.29, 0.717) is 6.07 Å². The summed E-state index contributed by atoms with van der Waals surface area (Å²) in [6, 6.07) is 1.57. The van der Waals surface area contributed by atoms with Crippen molar-refractivity contribution in [3.8, 4) is 0 Å². The van der Waals surface area contributed by atoms with Gasteiger partial charge in [-0.1, -0.05) is 17.7 Å². The van der Waals surface area contributed by atoms with Crippen LogP contribution in [-0.4, -0.2) is 23.2 Å². The lowest BCUT2D eigenvalue weighted by Crippen LogP contribution is -2.50. The van der Waals surface area contributed by atoms with Crippen molar-refractivity contribution in [2.24, 2.45) is 0 Å². The molecule has 2 aromatic carbocycles. The monoisotopic (exact) mass is 480 g/mol. The molecule has 0 radical (unpaired) electrons. The largest absolute Gasteiger partial charge is 0.435 e. The van der Waals surface area contributed by atoms with E-state index in [4.69, 9.17) is 11.6 Å². The fraction of sp³-hybridized carbons (Fsp3) is 0.188. The summed E-state index contributed by atoms with van der Waals surface area (Å²) in [4.78, 5) is 21.6. The van der Waals surface area contributed by atoms with Crippen LogP contribution in [0.3, 0.4) is 0 Å². The number of anilines is 1. The van der Waals surface area contributed by atoms with Gasteiger partial charge in [0.25, 0.3) is 5.91 Å². The molecule has 2 aromatic rings. The second-order valence-corrected chi connectivity index (χ2v) is 6.23. The number of hydrogen-bond donors (Lipinski definition) is 1. The maximum atomic E-state index is 14.2. The van der Waals surface area contributed by atoms with Gasteiger partial charge in [-0.25, -0.2) is 8.78 Å². The van der Waals surface area contributed by atoms with Crippen molar-refractivity contribution in [1.29, 1.82) is 0 Å². The van der Waals surface area contributed by atoms with E-state index in [1.54, 1.807) is 5.32 Å². The summed E-state index contributed by atoms with van der Waals surface area (Å²) in [7, 11) is 0. The van der Waals surface area contributed by atoms with Crippen LogP contribution >= 0.6 is 11.6 Å². The van der Waals surface area contributed by atoms with E-state index < -0.39 is 74.1 Å². The normalized spacial score (nSPS) is 12.6. The van der Waals surface area contributed by atoms with Crippen LogP contribution in [0.4, 0.5) is 50.9 Å². The Balaban J connectivity index is 2.52. The molecule has 0 unspecified atom stereocenters. The highest BCUT2D eigenvalue weighted by molar-refractivity contribution is 6.34. The summed E-state index contributed by atoms with van der Waals surface area (Å²) >= 11 is 5.44. The van der Waals surface area contributed by atoms with Crippen molar-refractivity contribution < 1.29 is 49.2 Å². The number of nitrogens with zero attached hydrogens (tertiary/aromatic N) is 1. The maximum Gasteiger partial charge on any atom is 0.435 e. The smallest absolute Gasteiger partial charge is 0.318 e. The molecule has 15 heteroatoms. The predicted octanol–water partition coefficient (Wildman–Crippen LogP) is 6.07. The molecule has 0 fully saturated rings. The van der Waals surface area contributed by atoms with Crippen molar-refractivity contribution in [3.05, 3.63) is 68.2 Å². The van der Waals surface area contributed by atoms with Crippen molar-refractivity contribution >= 4 is 28.9 Å². The zero-order valence-electron chi connectivity index (χ0n) is 14.3. The summed E-state index contributed by atoms with van der Waals surface area (Å²) in [5.74, 6) is -5.25. The molecule has 0 heterocycles. The van der Waals surface area contributed by atoms with Crippen LogP contribution in [0.5, 0.6) is 0 Å². The van der Waals surface area contributed by atoms with E-state index >= 15 is 0 Å². The highest BCUT2D eigenvalue weighted by Gasteiger charge is 2.73. The molecule has 0 saturated carbocycles. The maximum absolute atomic E-state index is 14.2. The van der Waals surface area contributed by atoms with Gasteiger partial charge in [-0.3, -0.25) is 14.9 Å². The molecule has 1 N–H and O–H groups in total. The van der Waals surface area contributed by atoms with Crippen molar-refractivity contribution in [2.75, 3.05) is 5.32 Å². The topological polar surface area (TPSA) is 72.2 Å². The Morgan fingerprint density at radius 3 is 2.00 bits per heavy atom. The number of nitro benzene ring substituents is 1. The van der Waals surface area contributed by atoms with Crippen LogP contribution in [0.15, 0.2) is 30.3 Å². The summed E-state index contributed by atoms with van der Waals surface area (Å²) in [6.07, 6.45) is -13.1. The number of carbonyl (C=O) groups excluding carboxylic acids is 1. The minimum absolute atomic E-state index is 0.217. The molecule has 0 aromatic heterocycles. The molecular weight excluding hydrogens is 475 g/mol. The molecule has 0 aliphatic heterocycles. The van der Waals surface area contributed by atoms with Gasteiger partial charge in [-0.15, -0.1) is 0 Å². The third kappa shape index (κ3) is 4.24. The molecule has 0 saturated heterocycles. The number of nitrogens with one attached hydrogen (secondary N) is 1. The van der Waals surface area contributed by atoms with Gasteiger partial charge in [-0.05, 0) is 18.2 Å². The van der Waals surface area contributed by atoms with Crippen LogP contribution in [0.1, 0.15) is 15.9 Å². The Morgan fingerprint density at radius 2 is 1.55 bits per heavy atom. The molecular formula is C16H6ClF9N2O3. The molecule has 0 aliphatic rings. The molecule has 5 nitrogen and oxygen atoms in total. The molecule has 0 atom stereocenters.